The van der Waals surface area contributed by atoms with E-state index in [-0.39, 0.29) is 35.5 Å². The molecule has 5 heteroatoms. The van der Waals surface area contributed by atoms with Crippen LogP contribution in [0.1, 0.15) is 18.4 Å². The Hall–Kier alpha value is -2.95. The first-order chi connectivity index (χ1) is 13.2. The summed E-state index contributed by atoms with van der Waals surface area (Å²) in [4.78, 5) is 25.8. The highest BCUT2D eigenvalue weighted by Gasteiger charge is 2.56. The second-order valence-corrected chi connectivity index (χ2v) is 7.48. The molecule has 6 rings (SSSR count). The van der Waals surface area contributed by atoms with Crippen LogP contribution in [0.15, 0.2) is 53.7 Å². The van der Waals surface area contributed by atoms with Crippen molar-refractivity contribution in [3.05, 3.63) is 54.1 Å². The molecule has 136 valence electrons. The number of carbonyl (C=O) groups excluding carboxylic acids is 2. The summed E-state index contributed by atoms with van der Waals surface area (Å²) in [6, 6.07) is 11.8. The summed E-state index contributed by atoms with van der Waals surface area (Å²) in [5, 5.41) is 7.45. The van der Waals surface area contributed by atoms with Crippen molar-refractivity contribution in [2.24, 2.45) is 28.8 Å². The number of hydrogen-bond acceptors (Lipinski definition) is 4. The van der Waals surface area contributed by atoms with Crippen molar-refractivity contribution in [2.45, 2.75) is 12.8 Å². The van der Waals surface area contributed by atoms with Crippen LogP contribution in [0.4, 0.5) is 0 Å². The van der Waals surface area contributed by atoms with Crippen molar-refractivity contribution in [1.29, 1.82) is 0 Å². The molecule has 2 fully saturated rings. The van der Waals surface area contributed by atoms with Gasteiger partial charge in [0.15, 0.2) is 0 Å². The number of hydrazone groups is 1. The van der Waals surface area contributed by atoms with Gasteiger partial charge < -0.3 is 4.74 Å². The van der Waals surface area contributed by atoms with E-state index in [1.807, 2.05) is 36.4 Å². The normalized spacial score (nSPS) is 29.1. The average Bonchev–Trinajstić information content (AvgIpc) is 2.99. The number of benzene rings is 2. The Bertz CT molecular complexity index is 978. The minimum atomic E-state index is -0.243. The van der Waals surface area contributed by atoms with Gasteiger partial charge in [0, 0.05) is 5.56 Å². The summed E-state index contributed by atoms with van der Waals surface area (Å²) in [6.07, 6.45) is 7.78. The van der Waals surface area contributed by atoms with E-state index in [0.717, 1.165) is 34.2 Å². The van der Waals surface area contributed by atoms with Crippen LogP contribution in [0.25, 0.3) is 10.8 Å². The lowest BCUT2D eigenvalue weighted by Gasteiger charge is -2.37. The van der Waals surface area contributed by atoms with Crippen molar-refractivity contribution < 1.29 is 14.3 Å². The van der Waals surface area contributed by atoms with E-state index in [4.69, 9.17) is 4.74 Å². The quantitative estimate of drug-likeness (QED) is 0.479. The first-order valence-corrected chi connectivity index (χ1v) is 9.35. The van der Waals surface area contributed by atoms with Crippen LogP contribution in [0, 0.1) is 23.7 Å². The molecule has 4 atom stereocenters. The maximum absolute atomic E-state index is 12.9. The Morgan fingerprint density at radius 1 is 1.00 bits per heavy atom. The Kier molecular flexibility index (Phi) is 3.64. The van der Waals surface area contributed by atoms with Crippen molar-refractivity contribution in [3.8, 4) is 5.75 Å². The maximum atomic E-state index is 12.9. The Labute approximate surface area is 157 Å². The Balaban J connectivity index is 1.53. The number of rotatable bonds is 3. The van der Waals surface area contributed by atoms with Gasteiger partial charge in [-0.25, -0.2) is 0 Å². The third-order valence-electron chi connectivity index (χ3n) is 6.19. The molecule has 0 radical (unpaired) electrons. The largest absolute Gasteiger partial charge is 0.496 e. The second-order valence-electron chi connectivity index (χ2n) is 7.48. The zero-order valence-electron chi connectivity index (χ0n) is 15.0. The predicted molar refractivity (Wildman–Crippen MR) is 102 cm³/mol. The molecule has 1 aliphatic heterocycles. The topological polar surface area (TPSA) is 59.0 Å². The number of allylic oxidation sites excluding steroid dienone is 2. The zero-order valence-corrected chi connectivity index (χ0v) is 15.0. The van der Waals surface area contributed by atoms with Gasteiger partial charge in [-0.05, 0) is 41.5 Å². The van der Waals surface area contributed by atoms with Gasteiger partial charge in [0.05, 0.1) is 25.2 Å². The van der Waals surface area contributed by atoms with Crippen LogP contribution in [-0.4, -0.2) is 30.1 Å². The van der Waals surface area contributed by atoms with Crippen LogP contribution in [0.2, 0.25) is 0 Å². The number of carbonyl (C=O) groups is 2. The SMILES string of the molecule is COc1ccc2ccccc2c1/C=N\N1C(=O)[C@H]2[C@H](C1=O)[C@H]1C=C[C@H]2CC1. The minimum absolute atomic E-state index is 0.167. The van der Waals surface area contributed by atoms with E-state index in [0.29, 0.717) is 5.75 Å². The van der Waals surface area contributed by atoms with Crippen LogP contribution >= 0.6 is 0 Å². The van der Waals surface area contributed by atoms with Gasteiger partial charge in [0.2, 0.25) is 0 Å². The minimum Gasteiger partial charge on any atom is -0.496 e. The van der Waals surface area contributed by atoms with E-state index in [2.05, 4.69) is 17.3 Å². The number of fused-ring (bicyclic) bond motifs is 2. The highest BCUT2D eigenvalue weighted by molar-refractivity contribution is 6.08. The van der Waals surface area contributed by atoms with Gasteiger partial charge in [0.1, 0.15) is 5.75 Å². The predicted octanol–water partition coefficient (Wildman–Crippen LogP) is 3.38. The third kappa shape index (κ3) is 2.34. The molecule has 2 aromatic rings. The number of amides is 2. The fourth-order valence-corrected chi connectivity index (χ4v) is 4.87. The van der Waals surface area contributed by atoms with Gasteiger partial charge in [-0.1, -0.05) is 42.5 Å². The monoisotopic (exact) mass is 360 g/mol. The smallest absolute Gasteiger partial charge is 0.254 e. The second kappa shape index (κ2) is 6.05. The first kappa shape index (κ1) is 16.2. The zero-order chi connectivity index (χ0) is 18.5. The van der Waals surface area contributed by atoms with Gasteiger partial charge in [0.25, 0.3) is 11.8 Å². The molecule has 5 nitrogen and oxygen atoms in total. The summed E-state index contributed by atoms with van der Waals surface area (Å²) in [5.41, 5.74) is 0.771. The van der Waals surface area contributed by atoms with Crippen LogP contribution < -0.4 is 4.74 Å². The molecular formula is C22H20N2O3. The summed E-state index contributed by atoms with van der Waals surface area (Å²) in [6.45, 7) is 0. The third-order valence-corrected chi connectivity index (χ3v) is 6.19. The van der Waals surface area contributed by atoms with E-state index < -0.39 is 0 Å². The van der Waals surface area contributed by atoms with Gasteiger partial charge >= 0.3 is 0 Å². The van der Waals surface area contributed by atoms with Gasteiger partial charge in [-0.15, -0.1) is 0 Å². The van der Waals surface area contributed by atoms with Gasteiger partial charge in [-0.3, -0.25) is 9.59 Å². The summed E-state index contributed by atoms with van der Waals surface area (Å²) >= 11 is 0. The highest BCUT2D eigenvalue weighted by Crippen LogP contribution is 2.49. The van der Waals surface area contributed by atoms with Crippen molar-refractivity contribution in [2.75, 3.05) is 7.11 Å². The molecule has 1 saturated carbocycles. The average molecular weight is 360 g/mol. The van der Waals surface area contributed by atoms with Crippen LogP contribution in [0.3, 0.4) is 0 Å². The van der Waals surface area contributed by atoms with Crippen LogP contribution in [-0.2, 0) is 9.59 Å². The van der Waals surface area contributed by atoms with E-state index in [1.54, 1.807) is 13.3 Å². The number of hydrogen-bond donors (Lipinski definition) is 0. The number of imide groups is 1. The molecule has 2 bridgehead atoms. The van der Waals surface area contributed by atoms with Crippen molar-refractivity contribution in [1.82, 2.24) is 5.01 Å². The summed E-state index contributed by atoms with van der Waals surface area (Å²) in [5.74, 6) is 0.183. The van der Waals surface area contributed by atoms with E-state index in [1.165, 1.54) is 0 Å². The summed E-state index contributed by atoms with van der Waals surface area (Å²) < 4.78 is 5.47. The fraction of sp³-hybridized carbons (Fsp3) is 0.318. The van der Waals surface area contributed by atoms with Crippen molar-refractivity contribution >= 4 is 28.8 Å². The lowest BCUT2D eigenvalue weighted by molar-refractivity contribution is -0.140. The lowest BCUT2D eigenvalue weighted by Crippen LogP contribution is -2.38. The molecule has 4 aliphatic rings. The molecule has 1 heterocycles. The maximum Gasteiger partial charge on any atom is 0.254 e. The van der Waals surface area contributed by atoms with Crippen molar-refractivity contribution in [3.63, 3.8) is 0 Å². The van der Waals surface area contributed by atoms with E-state index in [9.17, 15) is 9.59 Å². The standard InChI is InChI=1S/C22H20N2O3/c1-27-18-11-10-13-4-2-3-5-16(13)17(18)12-23-24-21(25)19-14-6-7-15(9-8-14)20(19)22(24)26/h2-7,10-12,14-15,19-20H,8-9H2,1H3/b23-12-/t14-,15-,19+,20+/m0/s1. The molecule has 0 aromatic heterocycles. The summed E-state index contributed by atoms with van der Waals surface area (Å²) in [7, 11) is 1.60. The molecule has 2 aromatic carbocycles. The number of nitrogens with zero attached hydrogens (tertiary/aromatic N) is 2. The van der Waals surface area contributed by atoms with Gasteiger partial charge in [-0.2, -0.15) is 10.1 Å². The van der Waals surface area contributed by atoms with Crippen LogP contribution in [0.5, 0.6) is 5.75 Å². The molecule has 3 aliphatic carbocycles. The molecule has 0 N–H and O–H groups in total. The molecular weight excluding hydrogens is 340 g/mol. The first-order valence-electron chi connectivity index (χ1n) is 9.35. The molecule has 27 heavy (non-hydrogen) atoms. The Morgan fingerprint density at radius 2 is 1.67 bits per heavy atom. The fourth-order valence-electron chi connectivity index (χ4n) is 4.87. The molecule has 0 spiro atoms. The molecule has 1 saturated heterocycles. The highest BCUT2D eigenvalue weighted by atomic mass is 16.5. The molecule has 2 amide bonds. The van der Waals surface area contributed by atoms with E-state index >= 15 is 0 Å². The lowest BCUT2D eigenvalue weighted by atomic mass is 9.63. The number of methoxy groups -OCH3 is 1. The number of ether oxygens (including phenoxy) is 1. The Morgan fingerprint density at radius 3 is 2.30 bits per heavy atom. The molecule has 0 unspecified atom stereocenters.